The number of ether oxygens (including phenoxy) is 1. The molecule has 0 bridgehead atoms. The third-order valence-electron chi connectivity index (χ3n) is 5.83. The lowest BCUT2D eigenvalue weighted by Gasteiger charge is -2.58. The molecule has 2 unspecified atom stereocenters. The molecule has 2 aromatic rings. The summed E-state index contributed by atoms with van der Waals surface area (Å²) in [5, 5.41) is 13.5. The zero-order chi connectivity index (χ0) is 19.1. The molecule has 1 aromatic heterocycles. The Morgan fingerprint density at radius 2 is 2.00 bits per heavy atom. The predicted molar refractivity (Wildman–Crippen MR) is 99.3 cm³/mol. The van der Waals surface area contributed by atoms with Crippen LogP contribution in [0.5, 0.6) is 0 Å². The highest BCUT2D eigenvalue weighted by Crippen LogP contribution is 2.51. The van der Waals surface area contributed by atoms with Gasteiger partial charge in [0.15, 0.2) is 0 Å². The average Bonchev–Trinajstić information content (AvgIpc) is 2.99. The van der Waals surface area contributed by atoms with Crippen LogP contribution in [0.2, 0.25) is 0 Å². The summed E-state index contributed by atoms with van der Waals surface area (Å²) in [4.78, 5) is 25.1. The number of para-hydroxylation sites is 1. The summed E-state index contributed by atoms with van der Waals surface area (Å²) in [7, 11) is 0. The zero-order valence-electron chi connectivity index (χ0n) is 15.7. The molecule has 3 rings (SSSR count). The van der Waals surface area contributed by atoms with E-state index in [1.807, 2.05) is 56.5 Å². The molecular formula is C20H26N2O4. The Balaban J connectivity index is 1.95. The lowest BCUT2D eigenvalue weighted by molar-refractivity contribution is -0.190. The van der Waals surface area contributed by atoms with Gasteiger partial charge in [-0.2, -0.15) is 0 Å². The van der Waals surface area contributed by atoms with Crippen molar-refractivity contribution < 1.29 is 19.4 Å². The van der Waals surface area contributed by atoms with Gasteiger partial charge in [-0.25, -0.2) is 4.79 Å². The van der Waals surface area contributed by atoms with E-state index >= 15 is 0 Å². The molecule has 2 atom stereocenters. The molecule has 6 nitrogen and oxygen atoms in total. The Hall–Kier alpha value is -2.34. The molecule has 1 aliphatic carbocycles. The Kier molecular flexibility index (Phi) is 4.56. The van der Waals surface area contributed by atoms with Crippen LogP contribution >= 0.6 is 0 Å². The molecule has 0 radical (unpaired) electrons. The molecule has 0 aliphatic heterocycles. The van der Waals surface area contributed by atoms with Gasteiger partial charge in [-0.1, -0.05) is 32.0 Å². The van der Waals surface area contributed by atoms with E-state index in [9.17, 15) is 14.7 Å². The van der Waals surface area contributed by atoms with Crippen LogP contribution in [0, 0.1) is 5.41 Å². The molecule has 1 aromatic carbocycles. The van der Waals surface area contributed by atoms with Crippen LogP contribution in [0.4, 0.5) is 0 Å². The number of carboxylic acid groups (broad SMARTS) is 1. The SMILES string of the molecule is CCOC1CC(NC(=O)c2cn(CC)c3ccccc23)(C(=O)O)C1(C)C. The molecular weight excluding hydrogens is 332 g/mol. The molecule has 1 aliphatic rings. The number of nitrogens with zero attached hydrogens (tertiary/aromatic N) is 1. The van der Waals surface area contributed by atoms with Crippen LogP contribution in [-0.4, -0.2) is 39.8 Å². The summed E-state index contributed by atoms with van der Waals surface area (Å²) in [6, 6.07) is 7.65. The monoisotopic (exact) mass is 358 g/mol. The molecule has 6 heteroatoms. The number of benzene rings is 1. The summed E-state index contributed by atoms with van der Waals surface area (Å²) < 4.78 is 7.65. The minimum Gasteiger partial charge on any atom is -0.479 e. The van der Waals surface area contributed by atoms with Gasteiger partial charge in [-0.15, -0.1) is 0 Å². The number of aliphatic carboxylic acids is 1. The second kappa shape index (κ2) is 6.43. The first-order valence-electron chi connectivity index (χ1n) is 9.03. The third-order valence-corrected chi connectivity index (χ3v) is 5.83. The molecule has 140 valence electrons. The fraction of sp³-hybridized carbons (Fsp3) is 0.500. The highest BCUT2D eigenvalue weighted by molar-refractivity contribution is 6.08. The number of amides is 1. The van der Waals surface area contributed by atoms with E-state index in [2.05, 4.69) is 5.32 Å². The minimum absolute atomic E-state index is 0.194. The largest absolute Gasteiger partial charge is 0.479 e. The number of carbonyl (C=O) groups is 2. The first kappa shape index (κ1) is 18.5. The van der Waals surface area contributed by atoms with Gasteiger partial charge in [0.2, 0.25) is 0 Å². The maximum absolute atomic E-state index is 13.0. The van der Waals surface area contributed by atoms with Crippen molar-refractivity contribution in [2.45, 2.75) is 52.3 Å². The number of aryl methyl sites for hydroxylation is 1. The van der Waals surface area contributed by atoms with Crippen LogP contribution in [0.1, 0.15) is 44.5 Å². The number of carboxylic acids is 1. The van der Waals surface area contributed by atoms with Crippen molar-refractivity contribution in [1.29, 1.82) is 0 Å². The number of hydrogen-bond donors (Lipinski definition) is 2. The molecule has 0 spiro atoms. The Bertz CT molecular complexity index is 855. The van der Waals surface area contributed by atoms with Gasteiger partial charge in [-0.05, 0) is 19.9 Å². The van der Waals surface area contributed by atoms with E-state index in [1.54, 1.807) is 6.20 Å². The smallest absolute Gasteiger partial charge is 0.330 e. The van der Waals surface area contributed by atoms with Crippen molar-refractivity contribution in [2.24, 2.45) is 5.41 Å². The summed E-state index contributed by atoms with van der Waals surface area (Å²) >= 11 is 0. The third kappa shape index (κ3) is 2.51. The van der Waals surface area contributed by atoms with Gasteiger partial charge in [0, 0.05) is 42.1 Å². The van der Waals surface area contributed by atoms with Crippen LogP contribution in [0.15, 0.2) is 30.5 Å². The standard InChI is InChI=1S/C20H26N2O4/c1-5-22-12-14(13-9-7-8-10-15(13)22)17(23)21-20(18(24)25)11-16(26-6-2)19(20,3)4/h7-10,12,16H,5-6,11H2,1-4H3,(H,21,23)(H,24,25). The number of rotatable bonds is 6. The number of carbonyl (C=O) groups excluding carboxylic acids is 1. The van der Waals surface area contributed by atoms with E-state index in [4.69, 9.17) is 4.74 Å². The summed E-state index contributed by atoms with van der Waals surface area (Å²) in [6.45, 7) is 8.81. The highest BCUT2D eigenvalue weighted by atomic mass is 16.5. The summed E-state index contributed by atoms with van der Waals surface area (Å²) in [5.41, 5.74) is -0.573. The van der Waals surface area contributed by atoms with Gasteiger partial charge in [0.25, 0.3) is 5.91 Å². The van der Waals surface area contributed by atoms with Gasteiger partial charge in [0.1, 0.15) is 5.54 Å². The van der Waals surface area contributed by atoms with Crippen molar-refractivity contribution in [2.75, 3.05) is 6.61 Å². The van der Waals surface area contributed by atoms with E-state index < -0.39 is 16.9 Å². The molecule has 1 fully saturated rings. The van der Waals surface area contributed by atoms with Crippen molar-refractivity contribution in [3.05, 3.63) is 36.0 Å². The van der Waals surface area contributed by atoms with Crippen molar-refractivity contribution in [3.63, 3.8) is 0 Å². The van der Waals surface area contributed by atoms with Gasteiger partial charge in [-0.3, -0.25) is 4.79 Å². The summed E-state index contributed by atoms with van der Waals surface area (Å²) in [5.74, 6) is -1.38. The second-order valence-corrected chi connectivity index (χ2v) is 7.38. The molecule has 26 heavy (non-hydrogen) atoms. The number of aromatic nitrogens is 1. The minimum atomic E-state index is -1.33. The molecule has 1 saturated carbocycles. The van der Waals surface area contributed by atoms with Crippen LogP contribution < -0.4 is 5.32 Å². The van der Waals surface area contributed by atoms with Crippen LogP contribution in [0.3, 0.4) is 0 Å². The Labute approximate surface area is 153 Å². The zero-order valence-corrected chi connectivity index (χ0v) is 15.7. The molecule has 2 N–H and O–H groups in total. The van der Waals surface area contributed by atoms with Gasteiger partial charge < -0.3 is 19.7 Å². The quantitative estimate of drug-likeness (QED) is 0.832. The van der Waals surface area contributed by atoms with Crippen LogP contribution in [-0.2, 0) is 16.1 Å². The summed E-state index contributed by atoms with van der Waals surface area (Å²) in [6.07, 6.45) is 1.86. The first-order chi connectivity index (χ1) is 12.3. The van der Waals surface area contributed by atoms with Gasteiger partial charge >= 0.3 is 5.97 Å². The van der Waals surface area contributed by atoms with Crippen molar-refractivity contribution in [1.82, 2.24) is 9.88 Å². The fourth-order valence-corrected chi connectivity index (χ4v) is 3.99. The average molecular weight is 358 g/mol. The molecule has 1 heterocycles. The first-order valence-corrected chi connectivity index (χ1v) is 9.03. The maximum atomic E-state index is 13.0. The lowest BCUT2D eigenvalue weighted by Crippen LogP contribution is -2.76. The molecule has 0 saturated heterocycles. The topological polar surface area (TPSA) is 80.6 Å². The number of hydrogen-bond acceptors (Lipinski definition) is 3. The lowest BCUT2D eigenvalue weighted by atomic mass is 9.54. The highest BCUT2D eigenvalue weighted by Gasteiger charge is 2.66. The van der Waals surface area contributed by atoms with Gasteiger partial charge in [0.05, 0.1) is 11.7 Å². The maximum Gasteiger partial charge on any atom is 0.330 e. The van der Waals surface area contributed by atoms with E-state index in [0.29, 0.717) is 12.2 Å². The second-order valence-electron chi connectivity index (χ2n) is 7.38. The predicted octanol–water partition coefficient (Wildman–Crippen LogP) is 3.05. The Morgan fingerprint density at radius 1 is 1.31 bits per heavy atom. The number of nitrogens with one attached hydrogen (secondary N) is 1. The van der Waals surface area contributed by atoms with E-state index in [0.717, 1.165) is 17.4 Å². The normalized spacial score (nSPS) is 24.2. The van der Waals surface area contributed by atoms with Crippen molar-refractivity contribution in [3.8, 4) is 0 Å². The van der Waals surface area contributed by atoms with Crippen LogP contribution in [0.25, 0.3) is 10.9 Å². The number of fused-ring (bicyclic) bond motifs is 1. The van der Waals surface area contributed by atoms with Crippen molar-refractivity contribution >= 4 is 22.8 Å². The van der Waals surface area contributed by atoms with E-state index in [-0.39, 0.29) is 18.4 Å². The Morgan fingerprint density at radius 3 is 2.58 bits per heavy atom. The fourth-order valence-electron chi connectivity index (χ4n) is 3.99. The van der Waals surface area contributed by atoms with E-state index in [1.165, 1.54) is 0 Å². The molecule has 1 amide bonds.